The summed E-state index contributed by atoms with van der Waals surface area (Å²) in [5, 5.41) is 17.5. The highest BCUT2D eigenvalue weighted by atomic mass is 35.5. The van der Waals surface area contributed by atoms with E-state index in [0.717, 1.165) is 23.1 Å². The van der Waals surface area contributed by atoms with Crippen LogP contribution in [0.2, 0.25) is 0 Å². The molecule has 0 amide bonds. The van der Waals surface area contributed by atoms with E-state index in [1.54, 1.807) is 18.2 Å². The van der Waals surface area contributed by atoms with E-state index in [9.17, 15) is 14.5 Å². The van der Waals surface area contributed by atoms with E-state index in [1.807, 2.05) is 30.3 Å². The molecule has 0 saturated heterocycles. The van der Waals surface area contributed by atoms with Crippen molar-refractivity contribution in [1.82, 2.24) is 0 Å². The molecule has 4 nitrogen and oxygen atoms in total. The number of hydrogen-bond donors (Lipinski definition) is 1. The minimum absolute atomic E-state index is 0.0116. The Bertz CT molecular complexity index is 1430. The smallest absolute Gasteiger partial charge is 0.282 e. The minimum atomic E-state index is -0.334. The van der Waals surface area contributed by atoms with E-state index in [1.165, 1.54) is 34.8 Å². The molecule has 1 N–H and O–H groups in total. The van der Waals surface area contributed by atoms with Crippen LogP contribution >= 0.6 is 23.4 Å². The number of halogens is 2. The van der Waals surface area contributed by atoms with Crippen molar-refractivity contribution in [2.24, 2.45) is 5.92 Å². The van der Waals surface area contributed by atoms with Gasteiger partial charge in [-0.2, -0.15) is 0 Å². The van der Waals surface area contributed by atoms with Gasteiger partial charge < -0.3 is 5.32 Å². The summed E-state index contributed by atoms with van der Waals surface area (Å²) in [5.41, 5.74) is 3.37. The lowest BCUT2D eigenvalue weighted by atomic mass is 9.75. The van der Waals surface area contributed by atoms with Crippen molar-refractivity contribution in [2.75, 3.05) is 5.32 Å². The van der Waals surface area contributed by atoms with E-state index in [0.29, 0.717) is 4.90 Å². The van der Waals surface area contributed by atoms with E-state index in [4.69, 9.17) is 11.6 Å². The zero-order chi connectivity index (χ0) is 24.1. The molecule has 0 radical (unpaired) electrons. The summed E-state index contributed by atoms with van der Waals surface area (Å²) < 4.78 is 13.7. The number of nitrogens with one attached hydrogen (secondary N) is 1. The van der Waals surface area contributed by atoms with Crippen LogP contribution in [0, 0.1) is 21.8 Å². The quantitative estimate of drug-likeness (QED) is 0.174. The van der Waals surface area contributed by atoms with Crippen molar-refractivity contribution in [3.63, 3.8) is 0 Å². The predicted molar refractivity (Wildman–Crippen MR) is 140 cm³/mol. The molecule has 2 aliphatic rings. The maximum atomic E-state index is 13.7. The van der Waals surface area contributed by atoms with Gasteiger partial charge >= 0.3 is 0 Å². The van der Waals surface area contributed by atoms with Crippen molar-refractivity contribution < 1.29 is 9.31 Å². The van der Waals surface area contributed by atoms with Gasteiger partial charge in [0.2, 0.25) is 0 Å². The molecule has 4 aromatic rings. The van der Waals surface area contributed by atoms with E-state index in [-0.39, 0.29) is 44.9 Å². The maximum Gasteiger partial charge on any atom is 0.282 e. The lowest BCUT2D eigenvalue weighted by molar-refractivity contribution is -0.387. The highest BCUT2D eigenvalue weighted by Gasteiger charge is 2.50. The van der Waals surface area contributed by atoms with Crippen LogP contribution in [0.4, 0.5) is 15.8 Å². The Hall–Kier alpha value is -3.09. The minimum Gasteiger partial charge on any atom is -0.378 e. The molecule has 1 heterocycles. The number of thioether (sulfide) groups is 1. The fourth-order valence-corrected chi connectivity index (χ4v) is 7.70. The summed E-state index contributed by atoms with van der Waals surface area (Å²) in [6.07, 6.45) is 0.785. The fourth-order valence-electron chi connectivity index (χ4n) is 5.77. The largest absolute Gasteiger partial charge is 0.378 e. The van der Waals surface area contributed by atoms with Gasteiger partial charge in [-0.05, 0) is 58.5 Å². The molecule has 176 valence electrons. The van der Waals surface area contributed by atoms with Gasteiger partial charge in [-0.1, -0.05) is 54.6 Å². The summed E-state index contributed by atoms with van der Waals surface area (Å²) in [5.74, 6) is -0.0603. The molecule has 35 heavy (non-hydrogen) atoms. The first-order valence-corrected chi connectivity index (χ1v) is 12.9. The summed E-state index contributed by atoms with van der Waals surface area (Å²) in [6.45, 7) is 0. The first-order chi connectivity index (χ1) is 17.0. The molecule has 5 atom stereocenters. The molecule has 1 saturated carbocycles. The summed E-state index contributed by atoms with van der Waals surface area (Å²) in [7, 11) is 0. The number of fused-ring (bicyclic) bond motifs is 5. The Morgan fingerprint density at radius 3 is 2.51 bits per heavy atom. The Morgan fingerprint density at radius 1 is 0.971 bits per heavy atom. The Balaban J connectivity index is 1.45. The number of anilines is 1. The van der Waals surface area contributed by atoms with Gasteiger partial charge in [0.25, 0.3) is 5.69 Å². The molecule has 6 rings (SSSR count). The second kappa shape index (κ2) is 8.85. The molecule has 0 bridgehead atoms. The zero-order valence-electron chi connectivity index (χ0n) is 18.6. The van der Waals surface area contributed by atoms with Crippen LogP contribution in [-0.2, 0) is 0 Å². The van der Waals surface area contributed by atoms with Crippen LogP contribution < -0.4 is 5.32 Å². The monoisotopic (exact) mass is 504 g/mol. The number of nitro benzene ring substituents is 1. The zero-order valence-corrected chi connectivity index (χ0v) is 20.2. The third-order valence-electron chi connectivity index (χ3n) is 7.28. The highest BCUT2D eigenvalue weighted by Crippen LogP contribution is 2.59. The average Bonchev–Trinajstić information content (AvgIpc) is 3.20. The molecular formula is C28H22ClFN2O2S. The van der Waals surface area contributed by atoms with Gasteiger partial charge in [0.1, 0.15) is 5.82 Å². The summed E-state index contributed by atoms with van der Waals surface area (Å²) >= 11 is 8.76. The molecule has 7 heteroatoms. The molecule has 0 spiro atoms. The second-order valence-electron chi connectivity index (χ2n) is 9.17. The van der Waals surface area contributed by atoms with Crippen molar-refractivity contribution in [1.29, 1.82) is 0 Å². The van der Waals surface area contributed by atoms with Crippen LogP contribution in [-0.4, -0.2) is 15.6 Å². The Kier molecular flexibility index (Phi) is 5.66. The Morgan fingerprint density at radius 2 is 1.71 bits per heavy atom. The molecule has 4 aromatic carbocycles. The van der Waals surface area contributed by atoms with Gasteiger partial charge in [0.05, 0.1) is 21.2 Å². The summed E-state index contributed by atoms with van der Waals surface area (Å²) in [6, 6.07) is 26.0. The van der Waals surface area contributed by atoms with E-state index in [2.05, 4.69) is 29.6 Å². The van der Waals surface area contributed by atoms with Crippen molar-refractivity contribution in [3.05, 3.63) is 112 Å². The van der Waals surface area contributed by atoms with Crippen LogP contribution in [0.5, 0.6) is 0 Å². The normalized spacial score (nSPS) is 25.0. The topological polar surface area (TPSA) is 55.2 Å². The standard InChI is InChI=1S/C28H22ClFN2O2S/c29-27-24(35-23-8-4-3-7-22(23)32(33)34)15-20-26(27)25-19-6-2-1-5-16(19)11-14-21(25)31-28(20)17-9-12-18(30)13-10-17/h1-14,20,24,26-28,31H,15H2/t20-,24+,26-,27+,28-/m0/s1. The molecular weight excluding hydrogens is 483 g/mol. The Labute approximate surface area is 211 Å². The van der Waals surface area contributed by atoms with Gasteiger partial charge in [-0.15, -0.1) is 23.4 Å². The first kappa shape index (κ1) is 22.4. The van der Waals surface area contributed by atoms with Crippen molar-refractivity contribution in [3.8, 4) is 0 Å². The number of benzene rings is 4. The van der Waals surface area contributed by atoms with Crippen LogP contribution in [0.1, 0.15) is 29.5 Å². The van der Waals surface area contributed by atoms with E-state index >= 15 is 0 Å². The van der Waals surface area contributed by atoms with Crippen LogP contribution in [0.3, 0.4) is 0 Å². The summed E-state index contributed by atoms with van der Waals surface area (Å²) in [4.78, 5) is 11.9. The van der Waals surface area contributed by atoms with Crippen LogP contribution in [0.25, 0.3) is 10.8 Å². The highest BCUT2D eigenvalue weighted by molar-refractivity contribution is 8.00. The van der Waals surface area contributed by atoms with E-state index < -0.39 is 0 Å². The SMILES string of the molecule is O=[N+]([O-])c1ccccc1S[C@@H]1C[C@H]2[C@@H](c3c(ccc4ccccc34)N[C@H]2c2ccc(F)cc2)[C@@H]1Cl. The fraction of sp³-hybridized carbons (Fsp3) is 0.214. The van der Waals surface area contributed by atoms with Gasteiger partial charge in [0, 0.05) is 22.9 Å². The number of nitrogens with zero attached hydrogens (tertiary/aromatic N) is 1. The lowest BCUT2D eigenvalue weighted by Gasteiger charge is -2.39. The predicted octanol–water partition coefficient (Wildman–Crippen LogP) is 7.93. The molecule has 1 aliphatic heterocycles. The van der Waals surface area contributed by atoms with Gasteiger partial charge in [0.15, 0.2) is 0 Å². The third kappa shape index (κ3) is 3.85. The molecule has 0 unspecified atom stereocenters. The van der Waals surface area contributed by atoms with Gasteiger partial charge in [-0.3, -0.25) is 10.1 Å². The van der Waals surface area contributed by atoms with Crippen molar-refractivity contribution >= 4 is 45.5 Å². The number of hydrogen-bond acceptors (Lipinski definition) is 4. The first-order valence-electron chi connectivity index (χ1n) is 11.6. The number of nitro groups is 1. The molecule has 1 fully saturated rings. The van der Waals surface area contributed by atoms with Crippen molar-refractivity contribution in [2.45, 2.75) is 33.9 Å². The van der Waals surface area contributed by atoms with Gasteiger partial charge in [-0.25, -0.2) is 4.39 Å². The molecule has 0 aromatic heterocycles. The van der Waals surface area contributed by atoms with Crippen LogP contribution in [0.15, 0.2) is 89.8 Å². The molecule has 1 aliphatic carbocycles. The maximum absolute atomic E-state index is 13.7. The number of alkyl halides is 1. The lowest BCUT2D eigenvalue weighted by Crippen LogP contribution is -2.31. The second-order valence-corrected chi connectivity index (χ2v) is 11.0. The third-order valence-corrected chi connectivity index (χ3v) is 9.39. The number of rotatable bonds is 4. The average molecular weight is 505 g/mol. The number of para-hydroxylation sites is 1.